The quantitative estimate of drug-likeness (QED) is 0.360. The van der Waals surface area contributed by atoms with Crippen molar-refractivity contribution in [3.63, 3.8) is 0 Å². The zero-order valence-electron chi connectivity index (χ0n) is 12.2. The Labute approximate surface area is 118 Å². The lowest BCUT2D eigenvalue weighted by Crippen LogP contribution is -2.20. The summed E-state index contributed by atoms with van der Waals surface area (Å²) >= 11 is 0. The van der Waals surface area contributed by atoms with Gasteiger partial charge in [-0.2, -0.15) is 0 Å². The van der Waals surface area contributed by atoms with Gasteiger partial charge in [0.25, 0.3) is 0 Å². The summed E-state index contributed by atoms with van der Waals surface area (Å²) in [4.78, 5) is 1.72. The molecule has 20 heavy (non-hydrogen) atoms. The number of hydrogen-bond acceptors (Lipinski definition) is 5. The summed E-state index contributed by atoms with van der Waals surface area (Å²) in [5.74, 6) is 0.493. The van der Waals surface area contributed by atoms with E-state index < -0.39 is 0 Å². The van der Waals surface area contributed by atoms with E-state index in [2.05, 4.69) is 32.3 Å². The van der Waals surface area contributed by atoms with Crippen molar-refractivity contribution >= 4 is 6.34 Å². The van der Waals surface area contributed by atoms with Crippen LogP contribution in [0.15, 0.2) is 57.6 Å². The van der Waals surface area contributed by atoms with Crippen molar-refractivity contribution < 1.29 is 0 Å². The molecular weight excluding hydrogens is 256 g/mol. The van der Waals surface area contributed by atoms with Crippen molar-refractivity contribution in [2.45, 2.75) is 0 Å². The van der Waals surface area contributed by atoms with Gasteiger partial charge in [-0.05, 0) is 0 Å². The van der Waals surface area contributed by atoms with Gasteiger partial charge in [0.1, 0.15) is 5.82 Å². The molecule has 8 heteroatoms. The van der Waals surface area contributed by atoms with E-state index in [1.54, 1.807) is 17.3 Å². The first-order valence-electron chi connectivity index (χ1n) is 5.96. The van der Waals surface area contributed by atoms with Crippen molar-refractivity contribution in [3.05, 3.63) is 42.8 Å². The van der Waals surface area contributed by atoms with Gasteiger partial charge in [-0.15, -0.1) is 20.4 Å². The summed E-state index contributed by atoms with van der Waals surface area (Å²) < 4.78 is 3.70. The Morgan fingerprint density at radius 2 is 2.00 bits per heavy atom. The van der Waals surface area contributed by atoms with Crippen LogP contribution < -0.4 is 10.9 Å². The molecule has 0 aliphatic carbocycles. The maximum Gasteiger partial charge on any atom is 0.229 e. The molecule has 108 valence electrons. The molecule has 1 rings (SSSR count). The Bertz CT molecular complexity index is 564. The molecule has 0 bridgehead atoms. The lowest BCUT2D eigenvalue weighted by Gasteiger charge is -2.10. The van der Waals surface area contributed by atoms with Crippen LogP contribution in [0, 0.1) is 0 Å². The second kappa shape index (κ2) is 7.72. The lowest BCUT2D eigenvalue weighted by molar-refractivity contribution is 0.554. The second-order valence-electron chi connectivity index (χ2n) is 4.00. The zero-order valence-corrected chi connectivity index (χ0v) is 12.2. The summed E-state index contributed by atoms with van der Waals surface area (Å²) in [6.45, 7) is 3.77. The van der Waals surface area contributed by atoms with Gasteiger partial charge in [0.05, 0.1) is 0 Å². The summed E-state index contributed by atoms with van der Waals surface area (Å²) in [6, 6.07) is 0. The van der Waals surface area contributed by atoms with Crippen molar-refractivity contribution in [1.29, 1.82) is 0 Å². The summed E-state index contributed by atoms with van der Waals surface area (Å²) in [7, 11) is 7.41. The lowest BCUT2D eigenvalue weighted by atomic mass is 10.6. The van der Waals surface area contributed by atoms with Crippen molar-refractivity contribution in [2.24, 2.45) is 34.5 Å². The molecule has 0 saturated heterocycles. The fraction of sp³-hybridized carbons (Fsp3) is 0.333. The average molecular weight is 276 g/mol. The van der Waals surface area contributed by atoms with Crippen LogP contribution in [0.1, 0.15) is 0 Å². The normalized spacial score (nSPS) is 11.6. The van der Waals surface area contributed by atoms with E-state index in [0.717, 1.165) is 0 Å². The van der Waals surface area contributed by atoms with Gasteiger partial charge in [0.2, 0.25) is 5.62 Å². The van der Waals surface area contributed by atoms with Crippen molar-refractivity contribution in [3.8, 4) is 0 Å². The van der Waals surface area contributed by atoms with Crippen LogP contribution in [-0.2, 0) is 14.1 Å². The van der Waals surface area contributed by atoms with E-state index in [-0.39, 0.29) is 0 Å². The molecule has 1 aromatic rings. The van der Waals surface area contributed by atoms with E-state index in [1.165, 1.54) is 6.34 Å². The van der Waals surface area contributed by atoms with E-state index in [1.807, 2.05) is 49.7 Å². The Morgan fingerprint density at radius 1 is 1.35 bits per heavy atom. The van der Waals surface area contributed by atoms with Gasteiger partial charge < -0.3 is 19.4 Å². The van der Waals surface area contributed by atoms with Gasteiger partial charge in [-0.25, -0.2) is 0 Å². The highest BCUT2D eigenvalue weighted by Gasteiger charge is 1.93. The predicted octanol–water partition coefficient (Wildman–Crippen LogP) is 0.753. The van der Waals surface area contributed by atoms with Crippen LogP contribution in [-0.4, -0.2) is 34.5 Å². The first kappa shape index (κ1) is 15.4. The fourth-order valence-electron chi connectivity index (χ4n) is 1.26. The number of nitrogens with one attached hydrogen (secondary N) is 1. The Kier molecular flexibility index (Phi) is 5.95. The van der Waals surface area contributed by atoms with Gasteiger partial charge in [0, 0.05) is 53.0 Å². The minimum Gasteiger partial charge on any atom is -0.393 e. The fourth-order valence-corrected chi connectivity index (χ4v) is 1.26. The highest BCUT2D eigenvalue weighted by Crippen LogP contribution is 2.00. The molecule has 0 aromatic carbocycles. The molecule has 1 aromatic heterocycles. The molecule has 1 heterocycles. The van der Waals surface area contributed by atoms with E-state index >= 15 is 0 Å². The third kappa shape index (κ3) is 4.56. The predicted molar refractivity (Wildman–Crippen MR) is 78.4 cm³/mol. The minimum atomic E-state index is 0.493. The van der Waals surface area contributed by atoms with Crippen LogP contribution in [0.4, 0.5) is 0 Å². The third-order valence-corrected chi connectivity index (χ3v) is 2.44. The number of aryl methyl sites for hydroxylation is 2. The Hall–Kier alpha value is -2.64. The summed E-state index contributed by atoms with van der Waals surface area (Å²) in [6.07, 6.45) is 8.60. The number of azo groups is 1. The standard InChI is InChI=1S/C12H20N8/c1-11(18(3)7-6-13-2)16-14-10-15-17-12-19(4)8-9-20(12)5/h6-10,13H,1H2,2-5H3/b7-6-,15-10+,16-14+. The maximum atomic E-state index is 4.03. The number of aromatic nitrogens is 2. The van der Waals surface area contributed by atoms with Gasteiger partial charge >= 0.3 is 0 Å². The number of nitrogens with zero attached hydrogens (tertiary/aromatic N) is 7. The summed E-state index contributed by atoms with van der Waals surface area (Å²) in [5, 5.41) is 18.4. The largest absolute Gasteiger partial charge is 0.393 e. The molecule has 0 amide bonds. The topological polar surface area (TPSA) is 74.6 Å². The van der Waals surface area contributed by atoms with E-state index in [9.17, 15) is 0 Å². The molecule has 8 nitrogen and oxygen atoms in total. The van der Waals surface area contributed by atoms with E-state index in [0.29, 0.717) is 11.4 Å². The molecule has 0 aliphatic rings. The van der Waals surface area contributed by atoms with Crippen LogP contribution in [0.25, 0.3) is 0 Å². The average Bonchev–Trinajstić information content (AvgIpc) is 2.75. The van der Waals surface area contributed by atoms with Crippen LogP contribution in [0.2, 0.25) is 0 Å². The SMILES string of the molecule is C=C(/N=N/C=N/N=c1n(C)ccn1C)N(C)/C=C\NC. The Morgan fingerprint density at radius 3 is 2.60 bits per heavy atom. The van der Waals surface area contributed by atoms with Crippen LogP contribution in [0.3, 0.4) is 0 Å². The van der Waals surface area contributed by atoms with E-state index in [4.69, 9.17) is 0 Å². The number of imidazole rings is 1. The van der Waals surface area contributed by atoms with Crippen LogP contribution >= 0.6 is 0 Å². The third-order valence-electron chi connectivity index (χ3n) is 2.44. The van der Waals surface area contributed by atoms with Crippen molar-refractivity contribution in [2.75, 3.05) is 14.1 Å². The van der Waals surface area contributed by atoms with Gasteiger partial charge in [-0.1, -0.05) is 6.58 Å². The van der Waals surface area contributed by atoms with Gasteiger partial charge in [-0.3, -0.25) is 0 Å². The maximum absolute atomic E-state index is 4.03. The first-order chi connectivity index (χ1) is 9.56. The highest BCUT2D eigenvalue weighted by atomic mass is 15.3. The second-order valence-corrected chi connectivity index (χ2v) is 4.00. The smallest absolute Gasteiger partial charge is 0.229 e. The Balaban J connectivity index is 2.61. The molecule has 0 spiro atoms. The minimum absolute atomic E-state index is 0.493. The number of hydrogen-bond donors (Lipinski definition) is 1. The molecule has 0 atom stereocenters. The zero-order chi connectivity index (χ0) is 15.0. The molecular formula is C12H20N8. The van der Waals surface area contributed by atoms with Gasteiger partial charge in [0.15, 0.2) is 6.34 Å². The number of rotatable bonds is 6. The summed E-state index contributed by atoms with van der Waals surface area (Å²) in [5.41, 5.74) is 0.712. The molecule has 1 N–H and O–H groups in total. The molecule has 0 fully saturated rings. The molecule has 0 aliphatic heterocycles. The van der Waals surface area contributed by atoms with Crippen molar-refractivity contribution in [1.82, 2.24) is 19.4 Å². The molecule has 0 unspecified atom stereocenters. The first-order valence-corrected chi connectivity index (χ1v) is 5.96. The monoisotopic (exact) mass is 276 g/mol. The van der Waals surface area contributed by atoms with Crippen LogP contribution in [0.5, 0.6) is 0 Å². The molecule has 0 radical (unpaired) electrons. The molecule has 0 saturated carbocycles. The highest BCUT2D eigenvalue weighted by molar-refractivity contribution is 5.54.